The molecule has 0 spiro atoms. The lowest BCUT2D eigenvalue weighted by atomic mass is 10.3. The van der Waals surface area contributed by atoms with Gasteiger partial charge < -0.3 is 14.2 Å². The number of hydrogen-bond acceptors (Lipinski definition) is 10. The minimum atomic E-state index is -3.65. The van der Waals surface area contributed by atoms with Crippen molar-refractivity contribution in [1.29, 1.82) is 0 Å². The van der Waals surface area contributed by atoms with Crippen LogP contribution in [0.25, 0.3) is 10.2 Å². The maximum Gasteiger partial charge on any atom is 0.344 e. The van der Waals surface area contributed by atoms with Crippen LogP contribution in [-0.4, -0.2) is 52.6 Å². The fourth-order valence-electron chi connectivity index (χ4n) is 3.01. The van der Waals surface area contributed by atoms with Gasteiger partial charge in [0.15, 0.2) is 18.3 Å². The van der Waals surface area contributed by atoms with Crippen LogP contribution in [0.1, 0.15) is 0 Å². The van der Waals surface area contributed by atoms with Gasteiger partial charge in [0.1, 0.15) is 15.7 Å². The Kier molecular flexibility index (Phi) is 7.72. The van der Waals surface area contributed by atoms with E-state index < -0.39 is 35.1 Å². The average molecular weight is 548 g/mol. The molecule has 188 valence electrons. The highest BCUT2D eigenvalue weighted by Gasteiger charge is 2.22. The highest BCUT2D eigenvalue weighted by Crippen LogP contribution is 2.29. The van der Waals surface area contributed by atoms with Crippen molar-refractivity contribution in [2.75, 3.05) is 37.0 Å². The second-order valence-electron chi connectivity index (χ2n) is 7.25. The molecule has 4 rings (SSSR count). The predicted octanol–water partition coefficient (Wildman–Crippen LogP) is 3.75. The van der Waals surface area contributed by atoms with Crippen LogP contribution in [0.15, 0.2) is 64.2 Å². The number of aromatic nitrogens is 1. The van der Waals surface area contributed by atoms with Crippen molar-refractivity contribution in [1.82, 2.24) is 4.98 Å². The lowest BCUT2D eigenvalue weighted by molar-refractivity contribution is -0.149. The summed E-state index contributed by atoms with van der Waals surface area (Å²) in [6.07, 6.45) is 0. The first kappa shape index (κ1) is 25.4. The smallest absolute Gasteiger partial charge is 0.344 e. The van der Waals surface area contributed by atoms with Gasteiger partial charge in [0, 0.05) is 7.05 Å². The first-order chi connectivity index (χ1) is 17.3. The number of esters is 1. The first-order valence-electron chi connectivity index (χ1n) is 10.4. The molecule has 0 unspecified atom stereocenters. The highest BCUT2D eigenvalue weighted by atomic mass is 32.2. The third-order valence-corrected chi connectivity index (χ3v) is 8.97. The molecule has 2 aromatic carbocycles. The number of nitrogens with zero attached hydrogens (tertiary/aromatic N) is 2. The maximum absolute atomic E-state index is 12.6. The molecule has 36 heavy (non-hydrogen) atoms. The molecule has 0 saturated carbocycles. The van der Waals surface area contributed by atoms with Crippen molar-refractivity contribution in [3.05, 3.63) is 60.0 Å². The SMILES string of the molecule is COc1ccc2nc(NC(=O)COC(=O)COc3ccc(N(C)S(=O)(=O)c4cccs4)cc3)sc2c1. The van der Waals surface area contributed by atoms with E-state index in [1.165, 1.54) is 36.6 Å². The average Bonchev–Trinajstić information content (AvgIpc) is 3.56. The van der Waals surface area contributed by atoms with Crippen LogP contribution in [-0.2, 0) is 24.3 Å². The number of rotatable bonds is 10. The number of sulfonamides is 1. The Morgan fingerprint density at radius 2 is 1.81 bits per heavy atom. The van der Waals surface area contributed by atoms with Crippen LogP contribution in [0.4, 0.5) is 10.8 Å². The van der Waals surface area contributed by atoms with Crippen LogP contribution in [0, 0.1) is 0 Å². The Bertz CT molecular complexity index is 1470. The molecule has 2 aromatic heterocycles. The van der Waals surface area contributed by atoms with E-state index in [0.29, 0.717) is 27.8 Å². The molecule has 2 heterocycles. The molecule has 0 aliphatic carbocycles. The molecular formula is C23H21N3O7S3. The number of carbonyl (C=O) groups is 2. The fourth-order valence-corrected chi connectivity index (χ4v) is 6.27. The van der Waals surface area contributed by atoms with Gasteiger partial charge in [-0.05, 0) is 53.9 Å². The Morgan fingerprint density at radius 3 is 2.50 bits per heavy atom. The van der Waals surface area contributed by atoms with Crippen molar-refractivity contribution >= 4 is 65.6 Å². The summed E-state index contributed by atoms with van der Waals surface area (Å²) in [6, 6.07) is 14.8. The lowest BCUT2D eigenvalue weighted by Crippen LogP contribution is -2.25. The molecule has 0 radical (unpaired) electrons. The summed E-state index contributed by atoms with van der Waals surface area (Å²) in [4.78, 5) is 28.4. The number of methoxy groups -OCH3 is 1. The third-order valence-electron chi connectivity index (χ3n) is 4.87. The zero-order valence-electron chi connectivity index (χ0n) is 19.2. The molecule has 4 aromatic rings. The number of benzene rings is 2. The summed E-state index contributed by atoms with van der Waals surface area (Å²) < 4.78 is 43.0. The summed E-state index contributed by atoms with van der Waals surface area (Å²) in [5.74, 6) is -0.246. The molecule has 0 atom stereocenters. The van der Waals surface area contributed by atoms with Gasteiger partial charge in [-0.15, -0.1) is 11.3 Å². The van der Waals surface area contributed by atoms with Crippen LogP contribution in [0.2, 0.25) is 0 Å². The zero-order valence-corrected chi connectivity index (χ0v) is 21.6. The van der Waals surface area contributed by atoms with Crippen LogP contribution in [0.3, 0.4) is 0 Å². The number of nitrogens with one attached hydrogen (secondary N) is 1. The van der Waals surface area contributed by atoms with Crippen molar-refractivity contribution in [2.45, 2.75) is 4.21 Å². The van der Waals surface area contributed by atoms with E-state index in [0.717, 1.165) is 20.3 Å². The Labute approximate surface area is 215 Å². The van der Waals surface area contributed by atoms with Crippen molar-refractivity contribution in [3.63, 3.8) is 0 Å². The van der Waals surface area contributed by atoms with E-state index in [1.807, 2.05) is 6.07 Å². The quantitative estimate of drug-likeness (QED) is 0.298. The second-order valence-corrected chi connectivity index (χ2v) is 11.4. The van der Waals surface area contributed by atoms with Gasteiger partial charge in [0.2, 0.25) is 0 Å². The fraction of sp³-hybridized carbons (Fsp3) is 0.174. The van der Waals surface area contributed by atoms with Crippen molar-refractivity contribution in [2.24, 2.45) is 0 Å². The number of ether oxygens (including phenoxy) is 3. The molecule has 13 heteroatoms. The van der Waals surface area contributed by atoms with Gasteiger partial charge >= 0.3 is 5.97 Å². The number of thiazole rings is 1. The summed E-state index contributed by atoms with van der Waals surface area (Å²) in [7, 11) is -0.624. The van der Waals surface area contributed by atoms with Crippen LogP contribution >= 0.6 is 22.7 Å². The number of thiophene rings is 1. The number of fused-ring (bicyclic) bond motifs is 1. The van der Waals surface area contributed by atoms with E-state index in [9.17, 15) is 18.0 Å². The van der Waals surface area contributed by atoms with Gasteiger partial charge in [-0.3, -0.25) is 14.4 Å². The Balaban J connectivity index is 1.24. The maximum atomic E-state index is 12.6. The van der Waals surface area contributed by atoms with Gasteiger partial charge in [0.25, 0.3) is 15.9 Å². The molecule has 10 nitrogen and oxygen atoms in total. The number of hydrogen-bond donors (Lipinski definition) is 1. The number of amides is 1. The summed E-state index contributed by atoms with van der Waals surface area (Å²) in [5.41, 5.74) is 1.14. The molecule has 0 aliphatic rings. The number of carbonyl (C=O) groups excluding carboxylic acids is 2. The molecule has 0 fully saturated rings. The van der Waals surface area contributed by atoms with Crippen LogP contribution < -0.4 is 19.1 Å². The predicted molar refractivity (Wildman–Crippen MR) is 138 cm³/mol. The molecule has 1 N–H and O–H groups in total. The molecule has 0 aliphatic heterocycles. The molecule has 0 saturated heterocycles. The van der Waals surface area contributed by atoms with E-state index in [2.05, 4.69) is 10.3 Å². The number of anilines is 2. The normalized spacial score (nSPS) is 11.2. The largest absolute Gasteiger partial charge is 0.497 e. The van der Waals surface area contributed by atoms with Gasteiger partial charge in [0.05, 0.1) is 23.0 Å². The molecule has 1 amide bonds. The third kappa shape index (κ3) is 5.93. The van der Waals surface area contributed by atoms with E-state index in [-0.39, 0.29) is 4.21 Å². The van der Waals surface area contributed by atoms with Crippen LogP contribution in [0.5, 0.6) is 11.5 Å². The minimum Gasteiger partial charge on any atom is -0.497 e. The van der Waals surface area contributed by atoms with E-state index in [4.69, 9.17) is 14.2 Å². The van der Waals surface area contributed by atoms with Crippen molar-refractivity contribution < 1.29 is 32.2 Å². The summed E-state index contributed by atoms with van der Waals surface area (Å²) in [5, 5.41) is 4.66. The van der Waals surface area contributed by atoms with Gasteiger partial charge in [-0.25, -0.2) is 18.2 Å². The second kappa shape index (κ2) is 10.9. The zero-order chi connectivity index (χ0) is 25.7. The lowest BCUT2D eigenvalue weighted by Gasteiger charge is -2.18. The van der Waals surface area contributed by atoms with E-state index in [1.54, 1.807) is 42.8 Å². The monoisotopic (exact) mass is 547 g/mol. The van der Waals surface area contributed by atoms with Crippen molar-refractivity contribution in [3.8, 4) is 11.5 Å². The summed E-state index contributed by atoms with van der Waals surface area (Å²) in [6.45, 7) is -0.914. The topological polar surface area (TPSA) is 124 Å². The standard InChI is InChI=1S/C23H21N3O7S3/c1-26(36(29,30)22-4-3-11-34-22)15-5-7-16(8-6-15)32-14-21(28)33-13-20(27)25-23-24-18-10-9-17(31-2)12-19(18)35-23/h3-12H,13-14H2,1-2H3,(H,24,25,27). The Hall–Kier alpha value is -3.68. The minimum absolute atomic E-state index is 0.237. The Morgan fingerprint density at radius 1 is 1.06 bits per heavy atom. The van der Waals surface area contributed by atoms with Gasteiger partial charge in [-0.1, -0.05) is 17.4 Å². The van der Waals surface area contributed by atoms with Gasteiger partial charge in [-0.2, -0.15) is 0 Å². The first-order valence-corrected chi connectivity index (χ1v) is 13.6. The molecule has 0 bridgehead atoms. The summed E-state index contributed by atoms with van der Waals surface area (Å²) >= 11 is 2.41. The molecular weight excluding hydrogens is 526 g/mol. The van der Waals surface area contributed by atoms with E-state index >= 15 is 0 Å². The highest BCUT2D eigenvalue weighted by molar-refractivity contribution is 7.94.